The fourth-order valence-corrected chi connectivity index (χ4v) is 1.06. The van der Waals surface area contributed by atoms with E-state index in [1.54, 1.807) is 7.11 Å². The molecule has 0 heterocycles. The van der Waals surface area contributed by atoms with E-state index in [0.29, 0.717) is 12.0 Å². The van der Waals surface area contributed by atoms with Crippen LogP contribution >= 0.6 is 0 Å². The molecule has 68 valence electrons. The zero-order valence-electron chi connectivity index (χ0n) is 8.55. The first-order chi connectivity index (χ1) is 5.07. The van der Waals surface area contributed by atoms with E-state index in [1.165, 1.54) is 12.8 Å². The summed E-state index contributed by atoms with van der Waals surface area (Å²) in [5.74, 6) is 1.52. The predicted octanol–water partition coefficient (Wildman–Crippen LogP) is 3.09. The zero-order chi connectivity index (χ0) is 8.85. The normalized spacial score (nSPS) is 16.9. The molecule has 1 nitrogen and oxygen atoms in total. The molecule has 2 atom stereocenters. The van der Waals surface area contributed by atoms with Crippen LogP contribution in [0, 0.1) is 11.8 Å². The topological polar surface area (TPSA) is 9.23 Å². The van der Waals surface area contributed by atoms with Gasteiger partial charge in [-0.15, -0.1) is 0 Å². The van der Waals surface area contributed by atoms with Gasteiger partial charge in [0.05, 0.1) is 6.10 Å². The SMILES string of the molecule is CO[C@H](C)C(C)CCC(C)C. The lowest BCUT2D eigenvalue weighted by Gasteiger charge is -2.18. The Balaban J connectivity index is 3.43. The molecule has 0 aromatic rings. The summed E-state index contributed by atoms with van der Waals surface area (Å²) in [6, 6.07) is 0. The lowest BCUT2D eigenvalue weighted by atomic mass is 9.96. The van der Waals surface area contributed by atoms with Crippen molar-refractivity contribution in [2.24, 2.45) is 11.8 Å². The van der Waals surface area contributed by atoms with Crippen molar-refractivity contribution in [2.75, 3.05) is 7.11 Å². The smallest absolute Gasteiger partial charge is 0.0568 e. The van der Waals surface area contributed by atoms with Gasteiger partial charge in [-0.05, 0) is 25.2 Å². The molecule has 0 aliphatic heterocycles. The second-order valence-electron chi connectivity index (χ2n) is 3.89. The Morgan fingerprint density at radius 1 is 1.00 bits per heavy atom. The van der Waals surface area contributed by atoms with Crippen LogP contribution in [0.1, 0.15) is 40.5 Å². The summed E-state index contributed by atoms with van der Waals surface area (Å²) >= 11 is 0. The third-order valence-electron chi connectivity index (χ3n) is 2.37. The highest BCUT2D eigenvalue weighted by Crippen LogP contribution is 2.16. The van der Waals surface area contributed by atoms with E-state index < -0.39 is 0 Å². The molecule has 0 radical (unpaired) electrons. The van der Waals surface area contributed by atoms with Crippen molar-refractivity contribution in [3.63, 3.8) is 0 Å². The highest BCUT2D eigenvalue weighted by Gasteiger charge is 2.10. The van der Waals surface area contributed by atoms with Gasteiger partial charge in [-0.3, -0.25) is 0 Å². The van der Waals surface area contributed by atoms with Gasteiger partial charge in [-0.25, -0.2) is 0 Å². The largest absolute Gasteiger partial charge is 0.381 e. The van der Waals surface area contributed by atoms with E-state index in [2.05, 4.69) is 27.7 Å². The standard InChI is InChI=1S/C10H22O/c1-8(2)6-7-9(3)10(4)11-5/h8-10H,6-7H2,1-5H3/t9?,10-/m1/s1. The van der Waals surface area contributed by atoms with Crippen molar-refractivity contribution in [3.05, 3.63) is 0 Å². The molecular weight excluding hydrogens is 136 g/mol. The molecule has 0 aliphatic rings. The molecule has 0 rings (SSSR count). The fourth-order valence-electron chi connectivity index (χ4n) is 1.06. The van der Waals surface area contributed by atoms with Crippen LogP contribution in [0.2, 0.25) is 0 Å². The molecule has 1 unspecified atom stereocenters. The Morgan fingerprint density at radius 3 is 1.91 bits per heavy atom. The van der Waals surface area contributed by atoms with Crippen molar-refractivity contribution in [2.45, 2.75) is 46.6 Å². The van der Waals surface area contributed by atoms with Crippen molar-refractivity contribution in [1.29, 1.82) is 0 Å². The number of hydrogen-bond donors (Lipinski definition) is 0. The van der Waals surface area contributed by atoms with Gasteiger partial charge in [0.1, 0.15) is 0 Å². The average Bonchev–Trinajstić information content (AvgIpc) is 1.98. The van der Waals surface area contributed by atoms with E-state index in [4.69, 9.17) is 4.74 Å². The van der Waals surface area contributed by atoms with Crippen LogP contribution in [-0.4, -0.2) is 13.2 Å². The molecule has 11 heavy (non-hydrogen) atoms. The summed E-state index contributed by atoms with van der Waals surface area (Å²) in [6.07, 6.45) is 3.01. The second-order valence-corrected chi connectivity index (χ2v) is 3.89. The summed E-state index contributed by atoms with van der Waals surface area (Å²) in [5, 5.41) is 0. The first-order valence-electron chi connectivity index (χ1n) is 4.60. The number of ether oxygens (including phenoxy) is 1. The van der Waals surface area contributed by atoms with Crippen LogP contribution in [0.15, 0.2) is 0 Å². The van der Waals surface area contributed by atoms with E-state index in [1.807, 2.05) is 0 Å². The van der Waals surface area contributed by atoms with E-state index in [-0.39, 0.29) is 0 Å². The third-order valence-corrected chi connectivity index (χ3v) is 2.37. The van der Waals surface area contributed by atoms with Crippen LogP contribution in [0.5, 0.6) is 0 Å². The Kier molecular flexibility index (Phi) is 5.57. The molecule has 0 amide bonds. The van der Waals surface area contributed by atoms with E-state index >= 15 is 0 Å². The lowest BCUT2D eigenvalue weighted by molar-refractivity contribution is 0.0683. The van der Waals surface area contributed by atoms with Gasteiger partial charge in [0.25, 0.3) is 0 Å². The lowest BCUT2D eigenvalue weighted by Crippen LogP contribution is -2.16. The van der Waals surface area contributed by atoms with Crippen molar-refractivity contribution >= 4 is 0 Å². The molecule has 0 aliphatic carbocycles. The first kappa shape index (κ1) is 11.0. The number of methoxy groups -OCH3 is 1. The molecule has 0 bridgehead atoms. The van der Waals surface area contributed by atoms with Gasteiger partial charge in [0.2, 0.25) is 0 Å². The van der Waals surface area contributed by atoms with Crippen LogP contribution in [0.3, 0.4) is 0 Å². The molecule has 0 N–H and O–H groups in total. The minimum absolute atomic E-state index is 0.411. The van der Waals surface area contributed by atoms with Gasteiger partial charge < -0.3 is 4.74 Å². The molecule has 0 fully saturated rings. The molecule has 0 saturated heterocycles. The quantitative estimate of drug-likeness (QED) is 0.597. The van der Waals surface area contributed by atoms with Crippen LogP contribution in [0.25, 0.3) is 0 Å². The average molecular weight is 158 g/mol. The summed E-state index contributed by atoms with van der Waals surface area (Å²) in [6.45, 7) is 8.94. The molecule has 1 heteroatoms. The zero-order valence-corrected chi connectivity index (χ0v) is 8.55. The summed E-state index contributed by atoms with van der Waals surface area (Å²) in [7, 11) is 1.79. The highest BCUT2D eigenvalue weighted by molar-refractivity contribution is 4.61. The number of rotatable bonds is 5. The fraction of sp³-hybridized carbons (Fsp3) is 1.00. The summed E-state index contributed by atoms with van der Waals surface area (Å²) in [5.41, 5.74) is 0. The molecule has 0 spiro atoms. The molecule has 0 saturated carbocycles. The minimum atomic E-state index is 0.411. The Labute approximate surface area is 71.1 Å². The minimum Gasteiger partial charge on any atom is -0.381 e. The van der Waals surface area contributed by atoms with Gasteiger partial charge in [0, 0.05) is 7.11 Å². The van der Waals surface area contributed by atoms with Crippen molar-refractivity contribution in [1.82, 2.24) is 0 Å². The Hall–Kier alpha value is -0.0400. The second kappa shape index (κ2) is 5.59. The van der Waals surface area contributed by atoms with Crippen LogP contribution < -0.4 is 0 Å². The van der Waals surface area contributed by atoms with Crippen molar-refractivity contribution in [3.8, 4) is 0 Å². The maximum atomic E-state index is 5.24. The maximum absolute atomic E-state index is 5.24. The highest BCUT2D eigenvalue weighted by atomic mass is 16.5. The molecular formula is C10H22O. The number of hydrogen-bond acceptors (Lipinski definition) is 1. The van der Waals surface area contributed by atoms with Crippen LogP contribution in [-0.2, 0) is 4.74 Å². The van der Waals surface area contributed by atoms with Gasteiger partial charge >= 0.3 is 0 Å². The summed E-state index contributed by atoms with van der Waals surface area (Å²) < 4.78 is 5.24. The van der Waals surface area contributed by atoms with Gasteiger partial charge in [-0.2, -0.15) is 0 Å². The third kappa shape index (κ3) is 5.25. The van der Waals surface area contributed by atoms with Gasteiger partial charge in [0.15, 0.2) is 0 Å². The van der Waals surface area contributed by atoms with Gasteiger partial charge in [-0.1, -0.05) is 27.2 Å². The summed E-state index contributed by atoms with van der Waals surface area (Å²) in [4.78, 5) is 0. The van der Waals surface area contributed by atoms with Crippen molar-refractivity contribution < 1.29 is 4.74 Å². The monoisotopic (exact) mass is 158 g/mol. The van der Waals surface area contributed by atoms with Crippen LogP contribution in [0.4, 0.5) is 0 Å². The molecule has 0 aromatic heterocycles. The predicted molar refractivity (Wildman–Crippen MR) is 49.7 cm³/mol. The van der Waals surface area contributed by atoms with E-state index in [0.717, 1.165) is 5.92 Å². The van der Waals surface area contributed by atoms with E-state index in [9.17, 15) is 0 Å². The Bertz CT molecular complexity index is 88.9. The maximum Gasteiger partial charge on any atom is 0.0568 e. The Morgan fingerprint density at radius 2 is 1.55 bits per heavy atom. The molecule has 0 aromatic carbocycles. The first-order valence-corrected chi connectivity index (χ1v) is 4.60.